The first-order valence-electron chi connectivity index (χ1n) is 10.2. The van der Waals surface area contributed by atoms with Crippen LogP contribution in [0.15, 0.2) is 0 Å². The summed E-state index contributed by atoms with van der Waals surface area (Å²) in [5.41, 5.74) is -1.73. The number of carbonyl (C=O) groups is 3. The molecule has 1 amide bonds. The smallest absolute Gasteiger partial charge is 0.324 e. The maximum absolute atomic E-state index is 13.1. The number of hydrogen-bond acceptors (Lipinski definition) is 6. The van der Waals surface area contributed by atoms with Crippen LogP contribution in [-0.2, 0) is 28.6 Å². The molecule has 164 valence electrons. The highest BCUT2D eigenvalue weighted by molar-refractivity contribution is 6.76. The highest BCUT2D eigenvalue weighted by Gasteiger charge is 2.60. The highest BCUT2D eigenvalue weighted by Crippen LogP contribution is 2.42. The van der Waals surface area contributed by atoms with Crippen molar-refractivity contribution < 1.29 is 28.6 Å². The molecule has 29 heavy (non-hydrogen) atoms. The van der Waals surface area contributed by atoms with Crippen molar-refractivity contribution in [2.24, 2.45) is 11.3 Å². The minimum atomic E-state index is -1.73. The Kier molecular flexibility index (Phi) is 9.37. The van der Waals surface area contributed by atoms with Gasteiger partial charge in [0.25, 0.3) is 0 Å². The van der Waals surface area contributed by atoms with Crippen molar-refractivity contribution in [3.8, 4) is 11.8 Å². The Labute approximate surface area is 175 Å². The number of ether oxygens (including phenoxy) is 3. The number of carbonyl (C=O) groups excluding carboxylic acids is 3. The van der Waals surface area contributed by atoms with Crippen LogP contribution in [0.25, 0.3) is 0 Å². The second-order valence-electron chi connectivity index (χ2n) is 8.66. The topological polar surface area (TPSA) is 90.9 Å². The molecule has 0 aromatic heterocycles. The van der Waals surface area contributed by atoms with Gasteiger partial charge in [0, 0.05) is 24.8 Å². The van der Waals surface area contributed by atoms with Crippen molar-refractivity contribution in [3.05, 3.63) is 0 Å². The van der Waals surface area contributed by atoms with Crippen molar-refractivity contribution in [2.75, 3.05) is 13.2 Å². The van der Waals surface area contributed by atoms with E-state index in [1.165, 1.54) is 0 Å². The summed E-state index contributed by atoms with van der Waals surface area (Å²) < 4.78 is 16.4. The highest BCUT2D eigenvalue weighted by atomic mass is 28.3. The van der Waals surface area contributed by atoms with Gasteiger partial charge >= 0.3 is 11.9 Å². The van der Waals surface area contributed by atoms with E-state index >= 15 is 0 Å². The van der Waals surface area contributed by atoms with Gasteiger partial charge in [-0.2, -0.15) is 0 Å². The largest absolute Gasteiger partial charge is 0.465 e. The molecule has 0 unspecified atom stereocenters. The van der Waals surface area contributed by atoms with Crippen LogP contribution in [0.5, 0.6) is 0 Å². The summed E-state index contributed by atoms with van der Waals surface area (Å²) in [4.78, 5) is 38.4. The van der Waals surface area contributed by atoms with Crippen molar-refractivity contribution in [1.29, 1.82) is 0 Å². The van der Waals surface area contributed by atoms with Gasteiger partial charge in [0.05, 0.1) is 27.4 Å². The zero-order valence-corrected chi connectivity index (χ0v) is 19.7. The summed E-state index contributed by atoms with van der Waals surface area (Å²) in [5.74, 6) is 3.63. The van der Waals surface area contributed by atoms with Crippen LogP contribution in [-0.4, -0.2) is 51.5 Å². The Morgan fingerprint density at radius 1 is 1.14 bits per heavy atom. The predicted octanol–water partition coefficient (Wildman–Crippen LogP) is 2.72. The number of nitrogens with one attached hydrogen (secondary N) is 1. The number of rotatable bonds is 9. The second kappa shape index (κ2) is 10.8. The Hall–Kier alpha value is -1.85. The van der Waals surface area contributed by atoms with E-state index in [0.29, 0.717) is 0 Å². The quantitative estimate of drug-likeness (QED) is 0.264. The molecule has 1 N–H and O–H groups in total. The van der Waals surface area contributed by atoms with E-state index in [1.54, 1.807) is 13.8 Å². The Bertz CT molecular complexity index is 640. The molecule has 0 saturated carbocycles. The second-order valence-corrected chi connectivity index (χ2v) is 14.1. The van der Waals surface area contributed by atoms with Crippen molar-refractivity contribution >= 4 is 25.9 Å². The molecule has 0 radical (unpaired) electrons. The summed E-state index contributed by atoms with van der Waals surface area (Å²) in [6.45, 7) is 13.8. The zero-order chi connectivity index (χ0) is 22.2. The molecule has 1 aliphatic rings. The average Bonchev–Trinajstić information content (AvgIpc) is 2.94. The van der Waals surface area contributed by atoms with Gasteiger partial charge in [-0.25, -0.2) is 0 Å². The van der Waals surface area contributed by atoms with Crippen LogP contribution in [0.1, 0.15) is 40.5 Å². The zero-order valence-electron chi connectivity index (χ0n) is 18.7. The third kappa shape index (κ3) is 6.86. The number of esters is 2. The van der Waals surface area contributed by atoms with Crippen LogP contribution < -0.4 is 5.32 Å². The van der Waals surface area contributed by atoms with E-state index < -0.39 is 37.6 Å². The molecule has 1 aliphatic heterocycles. The summed E-state index contributed by atoms with van der Waals surface area (Å²) >= 11 is 0. The number of hydrogen-bond donors (Lipinski definition) is 1. The Morgan fingerprint density at radius 2 is 1.69 bits per heavy atom. The molecule has 1 saturated heterocycles. The lowest BCUT2D eigenvalue weighted by molar-refractivity contribution is -0.182. The van der Waals surface area contributed by atoms with Crippen LogP contribution in [0.4, 0.5) is 0 Å². The van der Waals surface area contributed by atoms with Crippen LogP contribution in [0.3, 0.4) is 0 Å². The molecule has 0 aromatic rings. The van der Waals surface area contributed by atoms with Gasteiger partial charge in [0.2, 0.25) is 5.91 Å². The third-order valence-corrected chi connectivity index (χ3v) is 5.75. The lowest BCUT2D eigenvalue weighted by Crippen LogP contribution is -2.52. The first kappa shape index (κ1) is 25.2. The molecule has 2 atom stereocenters. The SMILES string of the molecule is CCOC(=O)C(CC#CC[Si](C)(C)C)(C(=O)OCC)[C@H]1CC(=O)N[C@@H]1OC(C)C. The molecule has 8 heteroatoms. The molecular formula is C21H35NO6Si. The van der Waals surface area contributed by atoms with E-state index in [9.17, 15) is 14.4 Å². The molecule has 1 rings (SSSR count). The van der Waals surface area contributed by atoms with Crippen LogP contribution in [0, 0.1) is 23.2 Å². The van der Waals surface area contributed by atoms with E-state index in [4.69, 9.17) is 14.2 Å². The van der Waals surface area contributed by atoms with Crippen molar-refractivity contribution in [1.82, 2.24) is 5.32 Å². The molecule has 0 aromatic carbocycles. The predicted molar refractivity (Wildman–Crippen MR) is 113 cm³/mol. The minimum absolute atomic E-state index is 0.0370. The van der Waals surface area contributed by atoms with Crippen LogP contribution >= 0.6 is 0 Å². The minimum Gasteiger partial charge on any atom is -0.465 e. The number of amides is 1. The molecule has 1 fully saturated rings. The molecule has 0 bridgehead atoms. The third-order valence-electron chi connectivity index (χ3n) is 4.52. The molecule has 7 nitrogen and oxygen atoms in total. The fourth-order valence-corrected chi connectivity index (χ4v) is 3.85. The Balaban J connectivity index is 3.43. The lowest BCUT2D eigenvalue weighted by Gasteiger charge is -2.35. The Morgan fingerprint density at radius 3 is 2.14 bits per heavy atom. The van der Waals surface area contributed by atoms with Gasteiger partial charge in [-0.05, 0) is 27.7 Å². The normalized spacial score (nSPS) is 19.4. The van der Waals surface area contributed by atoms with E-state index in [0.717, 1.165) is 6.04 Å². The van der Waals surface area contributed by atoms with E-state index in [1.807, 2.05) is 13.8 Å². The summed E-state index contributed by atoms with van der Waals surface area (Å²) in [6, 6.07) is 0.739. The van der Waals surface area contributed by atoms with Crippen molar-refractivity contribution in [2.45, 2.75) is 78.6 Å². The first-order valence-corrected chi connectivity index (χ1v) is 13.9. The monoisotopic (exact) mass is 425 g/mol. The molecule has 0 aliphatic carbocycles. The fourth-order valence-electron chi connectivity index (χ4n) is 3.19. The van der Waals surface area contributed by atoms with E-state index in [2.05, 4.69) is 36.8 Å². The van der Waals surface area contributed by atoms with E-state index in [-0.39, 0.29) is 38.1 Å². The first-order chi connectivity index (χ1) is 13.5. The van der Waals surface area contributed by atoms with Gasteiger partial charge in [-0.15, -0.1) is 11.8 Å². The average molecular weight is 426 g/mol. The van der Waals surface area contributed by atoms with Gasteiger partial charge in [0.15, 0.2) is 5.41 Å². The summed E-state index contributed by atoms with van der Waals surface area (Å²) in [7, 11) is -1.41. The fraction of sp³-hybridized carbons (Fsp3) is 0.762. The van der Waals surface area contributed by atoms with Gasteiger partial charge < -0.3 is 19.5 Å². The maximum atomic E-state index is 13.1. The molecule has 0 spiro atoms. The lowest BCUT2D eigenvalue weighted by atomic mass is 9.71. The standard InChI is InChI=1S/C21H35NO6Si/c1-8-26-19(24)21(20(25)27-9-2,12-10-11-13-29(5,6)7)16-14-17(23)22-18(16)28-15(3)4/h15-16,18H,8-9,12-14H2,1-7H3,(H,22,23)/t16-,18+/m0/s1. The maximum Gasteiger partial charge on any atom is 0.324 e. The molecular weight excluding hydrogens is 390 g/mol. The van der Waals surface area contributed by atoms with Gasteiger partial charge in [0.1, 0.15) is 6.23 Å². The van der Waals surface area contributed by atoms with Crippen LogP contribution in [0.2, 0.25) is 25.7 Å². The van der Waals surface area contributed by atoms with Gasteiger partial charge in [-0.1, -0.05) is 19.6 Å². The molecule has 1 heterocycles. The summed E-state index contributed by atoms with van der Waals surface area (Å²) in [5, 5.41) is 2.73. The summed E-state index contributed by atoms with van der Waals surface area (Å²) in [6.07, 6.45) is -1.12. The van der Waals surface area contributed by atoms with Gasteiger partial charge in [-0.3, -0.25) is 14.4 Å². The van der Waals surface area contributed by atoms with Crippen molar-refractivity contribution in [3.63, 3.8) is 0 Å².